The highest BCUT2D eigenvalue weighted by Gasteiger charge is 1.92. The second-order valence-electron chi connectivity index (χ2n) is 1.20. The topological polar surface area (TPSA) is 53.4 Å². The van der Waals surface area contributed by atoms with E-state index in [-0.39, 0.29) is 6.04 Å². The van der Waals surface area contributed by atoms with Gasteiger partial charge in [-0.1, -0.05) is 0 Å². The summed E-state index contributed by atoms with van der Waals surface area (Å²) in [6.45, 7) is 0. The minimum absolute atomic E-state index is 0.213. The molecule has 1 aromatic heterocycles. The molecule has 3 heteroatoms. The normalized spacial score (nSPS) is 12.5. The molecule has 0 bridgehead atoms. The van der Waals surface area contributed by atoms with Crippen LogP contribution >= 0.6 is 0 Å². The molecule has 1 heterocycles. The van der Waals surface area contributed by atoms with Gasteiger partial charge in [-0.05, 0) is 12.1 Å². The zero-order valence-corrected chi connectivity index (χ0v) is 3.92. The molecule has 0 atom stereocenters. The lowest BCUT2D eigenvalue weighted by atomic mass is 10.4. The summed E-state index contributed by atoms with van der Waals surface area (Å²) in [4.78, 5) is 3.24. The van der Waals surface area contributed by atoms with E-state index < -0.39 is 17.7 Å². The quantitative estimate of drug-likeness (QED) is 0.515. The van der Waals surface area contributed by atoms with Crippen LogP contribution in [0, 0.1) is 0 Å². The van der Waals surface area contributed by atoms with Gasteiger partial charge in [-0.25, -0.2) is 4.98 Å². The Balaban J connectivity index is 3.34. The average Bonchev–Trinajstić information content (AvgIpc) is 1.93. The molecule has 0 aliphatic heterocycles. The van der Waals surface area contributed by atoms with E-state index in [0.29, 0.717) is 0 Å². The molecule has 1 rings (SSSR count). The van der Waals surface area contributed by atoms with Gasteiger partial charge in [0.2, 0.25) is 0 Å². The van der Waals surface area contributed by atoms with Gasteiger partial charge in [0.1, 0.15) is 0 Å². The predicted octanol–water partition coefficient (Wildman–Crippen LogP) is 0.493. The summed E-state index contributed by atoms with van der Waals surface area (Å²) in [7, 11) is 0. The van der Waals surface area contributed by atoms with Crippen LogP contribution in [0.3, 0.4) is 0 Å². The Morgan fingerprint density at radius 3 is 3.00 bits per heavy atom. The van der Waals surface area contributed by atoms with Crippen molar-refractivity contribution in [2.45, 2.75) is 0 Å². The maximum atomic E-state index is 8.77. The lowest BCUT2D eigenvalue weighted by Crippen LogP contribution is -1.70. The van der Waals surface area contributed by atoms with Crippen LogP contribution in [-0.2, 0) is 0 Å². The first kappa shape index (κ1) is 2.91. The van der Waals surface area contributed by atoms with Crippen molar-refractivity contribution in [3.05, 3.63) is 18.3 Å². The minimum Gasteiger partial charge on any atom is -0.503 e. The predicted molar refractivity (Wildman–Crippen MR) is 27.6 cm³/mol. The lowest BCUT2D eigenvalue weighted by molar-refractivity contribution is 0.389. The Hall–Kier alpha value is -1.25. The highest BCUT2D eigenvalue weighted by Crippen LogP contribution is 2.17. The van der Waals surface area contributed by atoms with Crippen LogP contribution in [-0.4, -0.2) is 15.2 Å². The summed E-state index contributed by atoms with van der Waals surface area (Å²) in [5.74, 6) is -1.26. The Bertz CT molecular complexity index is 237. The number of aromatic hydroxyl groups is 2. The first-order valence-electron chi connectivity index (χ1n) is 2.97. The monoisotopic (exact) mass is 113 g/mol. The third kappa shape index (κ3) is 0.703. The molecule has 0 saturated carbocycles. The van der Waals surface area contributed by atoms with Crippen LogP contribution in [0.4, 0.5) is 0 Å². The highest BCUT2D eigenvalue weighted by molar-refractivity contribution is 5.28. The van der Waals surface area contributed by atoms with Crippen LogP contribution in [0.15, 0.2) is 18.3 Å². The molecule has 0 aliphatic rings. The third-order valence-electron chi connectivity index (χ3n) is 0.654. The molecular formula is C5H5NO2. The Labute approximate surface area is 49.0 Å². The Morgan fingerprint density at radius 2 is 2.38 bits per heavy atom. The summed E-state index contributed by atoms with van der Waals surface area (Å²) in [6.07, 6.45) is 0.997. The van der Waals surface area contributed by atoms with E-state index in [4.69, 9.17) is 13.0 Å². The van der Waals surface area contributed by atoms with Gasteiger partial charge < -0.3 is 10.2 Å². The van der Waals surface area contributed by atoms with E-state index in [1.54, 1.807) is 0 Å². The molecule has 0 unspecified atom stereocenters. The second-order valence-corrected chi connectivity index (χ2v) is 1.20. The number of hydrogen-bond acceptors (Lipinski definition) is 3. The van der Waals surface area contributed by atoms with Crippen molar-refractivity contribution in [1.29, 1.82) is 0 Å². The standard InChI is InChI=1S/C5H5NO2/c7-4-2-1-3-6-5(4)8/h1-3,7H,(H,6,8)/i1D,2D. The number of rotatable bonds is 0. The molecule has 8 heavy (non-hydrogen) atoms. The van der Waals surface area contributed by atoms with Crippen LogP contribution in [0.2, 0.25) is 0 Å². The number of hydrogen-bond donors (Lipinski definition) is 2. The summed E-state index contributed by atoms with van der Waals surface area (Å²) < 4.78 is 13.9. The minimum atomic E-state index is -0.646. The maximum absolute atomic E-state index is 8.77. The largest absolute Gasteiger partial charge is 0.503 e. The second kappa shape index (κ2) is 1.69. The van der Waals surface area contributed by atoms with Crippen molar-refractivity contribution in [1.82, 2.24) is 4.98 Å². The van der Waals surface area contributed by atoms with Crippen molar-refractivity contribution in [3.63, 3.8) is 0 Å². The summed E-state index contributed by atoms with van der Waals surface area (Å²) in [5.41, 5.74) is 0. The van der Waals surface area contributed by atoms with Crippen molar-refractivity contribution >= 4 is 0 Å². The van der Waals surface area contributed by atoms with Crippen LogP contribution < -0.4 is 0 Å². The smallest absolute Gasteiger partial charge is 0.254 e. The molecule has 1 aromatic rings. The maximum Gasteiger partial charge on any atom is 0.254 e. The molecule has 0 radical (unpaired) electrons. The van der Waals surface area contributed by atoms with Crippen molar-refractivity contribution < 1.29 is 13.0 Å². The molecule has 0 spiro atoms. The molecule has 0 amide bonds. The van der Waals surface area contributed by atoms with Gasteiger partial charge in [-0.2, -0.15) is 0 Å². The molecule has 2 N–H and O–H groups in total. The third-order valence-corrected chi connectivity index (χ3v) is 0.654. The number of pyridine rings is 1. The van der Waals surface area contributed by atoms with Crippen LogP contribution in [0.1, 0.15) is 2.74 Å². The first-order valence-corrected chi connectivity index (χ1v) is 1.97. The van der Waals surface area contributed by atoms with E-state index in [9.17, 15) is 0 Å². The average molecular weight is 113 g/mol. The van der Waals surface area contributed by atoms with Gasteiger partial charge in [0.15, 0.2) is 5.75 Å². The van der Waals surface area contributed by atoms with E-state index >= 15 is 0 Å². The van der Waals surface area contributed by atoms with Crippen molar-refractivity contribution in [2.24, 2.45) is 0 Å². The number of aromatic nitrogens is 1. The zero-order chi connectivity index (χ0) is 7.72. The molecule has 0 saturated heterocycles. The molecule has 0 aliphatic carbocycles. The van der Waals surface area contributed by atoms with Gasteiger partial charge in [0.25, 0.3) is 5.88 Å². The van der Waals surface area contributed by atoms with Crippen LogP contribution in [0.25, 0.3) is 0 Å². The first-order chi connectivity index (χ1) is 4.63. The lowest BCUT2D eigenvalue weighted by Gasteiger charge is -1.89. The van der Waals surface area contributed by atoms with Gasteiger partial charge in [0, 0.05) is 6.20 Å². The Morgan fingerprint density at radius 1 is 1.62 bits per heavy atom. The van der Waals surface area contributed by atoms with E-state index in [1.165, 1.54) is 0 Å². The fourth-order valence-corrected chi connectivity index (χ4v) is 0.311. The van der Waals surface area contributed by atoms with Gasteiger partial charge in [0.05, 0.1) is 2.74 Å². The van der Waals surface area contributed by atoms with Gasteiger partial charge in [-0.15, -0.1) is 0 Å². The van der Waals surface area contributed by atoms with Crippen LogP contribution in [0.5, 0.6) is 11.6 Å². The van der Waals surface area contributed by atoms with Crippen molar-refractivity contribution in [2.75, 3.05) is 0 Å². The van der Waals surface area contributed by atoms with Crippen molar-refractivity contribution in [3.8, 4) is 11.6 Å². The zero-order valence-electron chi connectivity index (χ0n) is 5.92. The summed E-state index contributed by atoms with van der Waals surface area (Å²) >= 11 is 0. The molecule has 0 fully saturated rings. The highest BCUT2D eigenvalue weighted by atomic mass is 16.3. The SMILES string of the molecule is [2H]c1cnc(O)c(O)c1[2H]. The fourth-order valence-electron chi connectivity index (χ4n) is 0.311. The molecular weight excluding hydrogens is 106 g/mol. The molecule has 0 aromatic carbocycles. The summed E-state index contributed by atoms with van der Waals surface area (Å²) in [5, 5.41) is 17.4. The van der Waals surface area contributed by atoms with Gasteiger partial charge in [-0.3, -0.25) is 0 Å². The van der Waals surface area contributed by atoms with E-state index in [2.05, 4.69) is 4.98 Å². The van der Waals surface area contributed by atoms with Gasteiger partial charge >= 0.3 is 0 Å². The van der Waals surface area contributed by atoms with E-state index in [0.717, 1.165) is 6.20 Å². The molecule has 3 nitrogen and oxygen atoms in total. The van der Waals surface area contributed by atoms with E-state index in [1.807, 2.05) is 0 Å². The summed E-state index contributed by atoms with van der Waals surface area (Å²) in [6, 6.07) is -0.622. The molecule has 42 valence electrons. The fraction of sp³-hybridized carbons (Fsp3) is 0. The number of nitrogens with zero attached hydrogens (tertiary/aromatic N) is 1. The Kier molecular flexibility index (Phi) is 0.617.